The molecule has 0 radical (unpaired) electrons. The van der Waals surface area contributed by atoms with Gasteiger partial charge in [-0.05, 0) is 23.3 Å². The molecule has 0 aliphatic heterocycles. The Kier molecular flexibility index (Phi) is 7.12. The molecule has 34 heavy (non-hydrogen) atoms. The second kappa shape index (κ2) is 10.4. The van der Waals surface area contributed by atoms with Crippen LogP contribution in [0.4, 0.5) is 0 Å². The first-order valence-corrected chi connectivity index (χ1v) is 12.1. The van der Waals surface area contributed by atoms with E-state index in [1.165, 1.54) is 18.3 Å². The molecule has 174 valence electrons. The minimum atomic E-state index is -3.81. The maximum Gasteiger partial charge on any atom is 0.259 e. The number of nitrogens with zero attached hydrogens (tertiary/aromatic N) is 3. The monoisotopic (exact) mass is 476 g/mol. The van der Waals surface area contributed by atoms with Crippen molar-refractivity contribution in [1.29, 1.82) is 0 Å². The van der Waals surface area contributed by atoms with E-state index < -0.39 is 16.1 Å². The van der Waals surface area contributed by atoms with Gasteiger partial charge in [0.05, 0.1) is 16.8 Å². The highest BCUT2D eigenvalue weighted by atomic mass is 32.2. The van der Waals surface area contributed by atoms with Crippen LogP contribution in [0.5, 0.6) is 0 Å². The molecule has 1 amide bonds. The smallest absolute Gasteiger partial charge is 0.259 e. The predicted octanol–water partition coefficient (Wildman–Crippen LogP) is 2.20. The normalized spacial score (nSPS) is 12.3. The van der Waals surface area contributed by atoms with Crippen molar-refractivity contribution in [3.05, 3.63) is 102 Å². The molecule has 0 aliphatic carbocycles. The highest BCUT2D eigenvalue weighted by Gasteiger charge is 2.25. The minimum absolute atomic E-state index is 0.000958. The number of sulfonamides is 1. The fourth-order valence-corrected chi connectivity index (χ4v) is 4.05. The number of hydrogen-bond acceptors (Lipinski definition) is 6. The number of carbonyl (C=O) groups excluding carboxylic acids is 1. The van der Waals surface area contributed by atoms with Gasteiger partial charge in [0.25, 0.3) is 5.91 Å². The molecule has 0 saturated heterocycles. The highest BCUT2D eigenvalue weighted by Crippen LogP contribution is 2.25. The topological polar surface area (TPSA) is 132 Å². The lowest BCUT2D eigenvalue weighted by Gasteiger charge is -2.20. The first-order chi connectivity index (χ1) is 16.4. The Morgan fingerprint density at radius 1 is 0.912 bits per heavy atom. The van der Waals surface area contributed by atoms with E-state index in [2.05, 4.69) is 21.2 Å². The lowest BCUT2D eigenvalue weighted by Crippen LogP contribution is -2.42. The second-order valence-electron chi connectivity index (χ2n) is 7.67. The number of nitrogens with two attached hydrogens (primary N) is 1. The van der Waals surface area contributed by atoms with E-state index in [0.29, 0.717) is 24.2 Å². The third-order valence-electron chi connectivity index (χ3n) is 5.27. The number of aromatic nitrogens is 3. The molecule has 4 rings (SSSR count). The molecule has 1 heterocycles. The molecule has 1 aromatic heterocycles. The van der Waals surface area contributed by atoms with Gasteiger partial charge in [-0.25, -0.2) is 23.7 Å². The van der Waals surface area contributed by atoms with Gasteiger partial charge in [0.15, 0.2) is 0 Å². The molecule has 1 atom stereocenters. The van der Waals surface area contributed by atoms with Crippen molar-refractivity contribution < 1.29 is 13.2 Å². The van der Waals surface area contributed by atoms with Gasteiger partial charge in [0.1, 0.15) is 6.04 Å². The van der Waals surface area contributed by atoms with Gasteiger partial charge < -0.3 is 0 Å². The lowest BCUT2D eigenvalue weighted by atomic mass is 10.0. The van der Waals surface area contributed by atoms with Crippen LogP contribution in [0.2, 0.25) is 0 Å². The second-order valence-corrected chi connectivity index (χ2v) is 9.23. The Morgan fingerprint density at radius 3 is 2.15 bits per heavy atom. The van der Waals surface area contributed by atoms with Crippen molar-refractivity contribution in [2.75, 3.05) is 0 Å². The van der Waals surface area contributed by atoms with Crippen LogP contribution in [-0.4, -0.2) is 29.3 Å². The van der Waals surface area contributed by atoms with Crippen molar-refractivity contribution in [3.63, 3.8) is 0 Å². The summed E-state index contributed by atoms with van der Waals surface area (Å²) in [5.74, 6) is -0.285. The SMILES string of the molecule is NS(=O)(=O)c1ccc(-c2cnnn2[C@@H](Cc2ccccc2)C(=O)NNCc2ccccc2)cc1. The third-order valence-corrected chi connectivity index (χ3v) is 6.20. The van der Waals surface area contributed by atoms with Crippen molar-refractivity contribution in [1.82, 2.24) is 25.8 Å². The van der Waals surface area contributed by atoms with E-state index >= 15 is 0 Å². The number of amides is 1. The van der Waals surface area contributed by atoms with E-state index in [-0.39, 0.29) is 10.8 Å². The van der Waals surface area contributed by atoms with Gasteiger partial charge in [-0.2, -0.15) is 0 Å². The summed E-state index contributed by atoms with van der Waals surface area (Å²) in [6.07, 6.45) is 1.92. The van der Waals surface area contributed by atoms with Crippen LogP contribution in [0.15, 0.2) is 96.0 Å². The molecule has 4 aromatic rings. The van der Waals surface area contributed by atoms with Crippen LogP contribution >= 0.6 is 0 Å². The molecule has 0 aliphatic rings. The van der Waals surface area contributed by atoms with Crippen LogP contribution in [0.1, 0.15) is 17.2 Å². The summed E-state index contributed by atoms with van der Waals surface area (Å²) in [5, 5.41) is 13.4. The zero-order valence-corrected chi connectivity index (χ0v) is 19.0. The van der Waals surface area contributed by atoms with Crippen LogP contribution < -0.4 is 16.0 Å². The minimum Gasteiger partial charge on any atom is -0.289 e. The number of rotatable bonds is 9. The Balaban J connectivity index is 1.59. The van der Waals surface area contributed by atoms with Gasteiger partial charge >= 0.3 is 0 Å². The molecule has 0 bridgehead atoms. The maximum absolute atomic E-state index is 13.2. The molecule has 4 N–H and O–H groups in total. The van der Waals surface area contributed by atoms with Crippen LogP contribution in [0.25, 0.3) is 11.3 Å². The number of benzene rings is 3. The van der Waals surface area contributed by atoms with E-state index in [9.17, 15) is 13.2 Å². The summed E-state index contributed by atoms with van der Waals surface area (Å²) in [6, 6.07) is 24.7. The molecule has 0 unspecified atom stereocenters. The average molecular weight is 477 g/mol. The van der Waals surface area contributed by atoms with Gasteiger partial charge in [-0.15, -0.1) is 5.10 Å². The van der Waals surface area contributed by atoms with Crippen molar-refractivity contribution in [2.45, 2.75) is 23.9 Å². The Hall–Kier alpha value is -3.86. The summed E-state index contributed by atoms with van der Waals surface area (Å²) in [5.41, 5.74) is 8.95. The zero-order chi connectivity index (χ0) is 24.0. The number of nitrogens with one attached hydrogen (secondary N) is 2. The number of carbonyl (C=O) groups is 1. The number of hydrogen-bond donors (Lipinski definition) is 3. The van der Waals surface area contributed by atoms with Gasteiger partial charge in [0.2, 0.25) is 10.0 Å². The van der Waals surface area contributed by atoms with Gasteiger partial charge in [-0.1, -0.05) is 78.0 Å². The first-order valence-electron chi connectivity index (χ1n) is 10.6. The standard InChI is InChI=1S/C24H24N6O3S/c25-34(32,33)21-13-11-20(12-14-21)23-17-27-29-30(23)22(15-18-7-3-1-4-8-18)24(31)28-26-16-19-9-5-2-6-10-19/h1-14,17,22,26H,15-16H2,(H,28,31)(H2,25,32,33)/t22-/m0/s1. The summed E-state index contributed by atoms with van der Waals surface area (Å²) < 4.78 is 24.7. The molecule has 9 nitrogen and oxygen atoms in total. The summed E-state index contributed by atoms with van der Waals surface area (Å²) in [4.78, 5) is 13.2. The van der Waals surface area contributed by atoms with Crippen LogP contribution in [0, 0.1) is 0 Å². The maximum atomic E-state index is 13.2. The fourth-order valence-electron chi connectivity index (χ4n) is 3.54. The summed E-state index contributed by atoms with van der Waals surface area (Å²) >= 11 is 0. The molecule has 3 aromatic carbocycles. The Bertz CT molecular complexity index is 1340. The van der Waals surface area contributed by atoms with Gasteiger partial charge in [0, 0.05) is 18.5 Å². The predicted molar refractivity (Wildman–Crippen MR) is 127 cm³/mol. The Labute approximate surface area is 197 Å². The van der Waals surface area contributed by atoms with Crippen LogP contribution in [0.3, 0.4) is 0 Å². The van der Waals surface area contributed by atoms with E-state index in [0.717, 1.165) is 11.1 Å². The van der Waals surface area contributed by atoms with E-state index in [1.807, 2.05) is 60.7 Å². The number of primary sulfonamides is 1. The highest BCUT2D eigenvalue weighted by molar-refractivity contribution is 7.89. The van der Waals surface area contributed by atoms with Crippen molar-refractivity contribution in [2.24, 2.45) is 5.14 Å². The van der Waals surface area contributed by atoms with E-state index in [1.54, 1.807) is 16.8 Å². The molecule has 0 fully saturated rings. The summed E-state index contributed by atoms with van der Waals surface area (Å²) in [6.45, 7) is 0.462. The quantitative estimate of drug-likeness (QED) is 0.317. The number of hydrazine groups is 1. The van der Waals surface area contributed by atoms with Crippen molar-refractivity contribution in [3.8, 4) is 11.3 Å². The zero-order valence-electron chi connectivity index (χ0n) is 18.2. The third kappa shape index (κ3) is 5.73. The van der Waals surface area contributed by atoms with Crippen LogP contribution in [-0.2, 0) is 27.8 Å². The largest absolute Gasteiger partial charge is 0.289 e. The first kappa shape index (κ1) is 23.3. The lowest BCUT2D eigenvalue weighted by molar-refractivity contribution is -0.125. The molecule has 10 heteroatoms. The average Bonchev–Trinajstić information content (AvgIpc) is 3.33. The van der Waals surface area contributed by atoms with Crippen molar-refractivity contribution >= 4 is 15.9 Å². The van der Waals surface area contributed by atoms with E-state index in [4.69, 9.17) is 5.14 Å². The molecule has 0 saturated carbocycles. The summed E-state index contributed by atoms with van der Waals surface area (Å²) in [7, 11) is -3.81. The fraction of sp³-hybridized carbons (Fsp3) is 0.125. The molecular weight excluding hydrogens is 452 g/mol. The van der Waals surface area contributed by atoms with Gasteiger partial charge in [-0.3, -0.25) is 10.2 Å². The Morgan fingerprint density at radius 2 is 1.53 bits per heavy atom. The molecular formula is C24H24N6O3S. The molecule has 0 spiro atoms.